The molecule has 0 saturated carbocycles. The maximum atomic E-state index is 13.8. The molecule has 0 aliphatic heterocycles. The van der Waals surface area contributed by atoms with Gasteiger partial charge in [-0.05, 0) is 48.4 Å². The Morgan fingerprint density at radius 2 is 1.84 bits per heavy atom. The van der Waals surface area contributed by atoms with Gasteiger partial charge in [-0.3, -0.25) is 14.3 Å². The second-order valence-electron chi connectivity index (χ2n) is 8.09. The highest BCUT2D eigenvalue weighted by Gasteiger charge is 2.16. The molecule has 3 aromatic heterocycles. The Bertz CT molecular complexity index is 1710. The lowest BCUT2D eigenvalue weighted by Gasteiger charge is -2.14. The zero-order chi connectivity index (χ0) is 26.5. The fourth-order valence-electron chi connectivity index (χ4n) is 3.83. The minimum atomic E-state index is -0.391. The maximum absolute atomic E-state index is 13.8. The van der Waals surface area contributed by atoms with Crippen LogP contribution in [0.5, 0.6) is 0 Å². The van der Waals surface area contributed by atoms with E-state index in [4.69, 9.17) is 16.7 Å². The van der Waals surface area contributed by atoms with Crippen LogP contribution in [-0.2, 0) is 6.42 Å². The van der Waals surface area contributed by atoms with E-state index in [-0.39, 0.29) is 22.9 Å². The van der Waals surface area contributed by atoms with Gasteiger partial charge in [-0.15, -0.1) is 0 Å². The lowest BCUT2D eigenvalue weighted by molar-refractivity contribution is 0.625. The Labute approximate surface area is 211 Å². The second kappa shape index (κ2) is 10.6. The smallest absolute Gasteiger partial charge is 0.266 e. The molecule has 0 aliphatic rings. The van der Waals surface area contributed by atoms with Crippen molar-refractivity contribution in [1.82, 2.24) is 24.5 Å². The van der Waals surface area contributed by atoms with E-state index in [1.54, 1.807) is 24.5 Å². The van der Waals surface area contributed by atoms with Crippen LogP contribution in [0.4, 0.5) is 16.2 Å². The van der Waals surface area contributed by atoms with Crippen LogP contribution in [0.3, 0.4) is 0 Å². The summed E-state index contributed by atoms with van der Waals surface area (Å²) in [5.74, 6) is 0.404. The zero-order valence-electron chi connectivity index (χ0n) is 20.2. The number of nitrogen functional groups attached to an aromatic ring is 2. The first-order chi connectivity index (χ1) is 17.8. The third-order valence-corrected chi connectivity index (χ3v) is 5.49. The predicted molar refractivity (Wildman–Crippen MR) is 140 cm³/mol. The van der Waals surface area contributed by atoms with Crippen LogP contribution in [-0.4, -0.2) is 24.5 Å². The van der Waals surface area contributed by atoms with Gasteiger partial charge in [0.05, 0.1) is 22.8 Å². The van der Waals surface area contributed by atoms with Crippen molar-refractivity contribution in [3.8, 4) is 22.9 Å². The number of hydrogen-bond donors (Lipinski definition) is 2. The Morgan fingerprint density at radius 3 is 2.51 bits per heavy atom. The Hall–Kier alpha value is -5.17. The number of anilines is 2. The van der Waals surface area contributed by atoms with Gasteiger partial charge in [0.25, 0.3) is 5.56 Å². The molecule has 2 aromatic carbocycles. The van der Waals surface area contributed by atoms with Gasteiger partial charge in [-0.1, -0.05) is 25.1 Å². The fraction of sp³-hybridized carbons (Fsp3) is 0.111. The molecule has 5 rings (SSSR count). The Morgan fingerprint density at radius 1 is 1.05 bits per heavy atom. The van der Waals surface area contributed by atoms with Gasteiger partial charge in [0.2, 0.25) is 5.95 Å². The highest BCUT2D eigenvalue weighted by atomic mass is 19.1. The van der Waals surface area contributed by atoms with Crippen molar-refractivity contribution in [3.63, 3.8) is 0 Å². The molecule has 0 spiro atoms. The average Bonchev–Trinajstić information content (AvgIpc) is 2.88. The number of benzene rings is 2. The van der Waals surface area contributed by atoms with Crippen molar-refractivity contribution in [2.45, 2.75) is 20.3 Å². The van der Waals surface area contributed by atoms with E-state index in [1.165, 1.54) is 22.9 Å². The van der Waals surface area contributed by atoms with Crippen LogP contribution >= 0.6 is 0 Å². The van der Waals surface area contributed by atoms with Crippen LogP contribution in [0, 0.1) is 24.1 Å². The molecule has 9 nitrogen and oxygen atoms in total. The minimum absolute atomic E-state index is 0.0801. The third-order valence-electron chi connectivity index (χ3n) is 5.49. The number of hydrogen-bond acceptors (Lipinski definition) is 8. The van der Waals surface area contributed by atoms with Crippen LogP contribution in [0.1, 0.15) is 23.9 Å². The van der Waals surface area contributed by atoms with E-state index in [0.29, 0.717) is 28.8 Å². The number of nitriles is 1. The summed E-state index contributed by atoms with van der Waals surface area (Å²) in [7, 11) is 0. The molecule has 0 bridgehead atoms. The summed E-state index contributed by atoms with van der Waals surface area (Å²) >= 11 is 0. The molecule has 5 aromatic rings. The van der Waals surface area contributed by atoms with Gasteiger partial charge in [-0.2, -0.15) is 10.2 Å². The largest absolute Gasteiger partial charge is 0.382 e. The van der Waals surface area contributed by atoms with Gasteiger partial charge in [0.1, 0.15) is 29.1 Å². The number of rotatable bonds is 3. The van der Waals surface area contributed by atoms with Gasteiger partial charge < -0.3 is 11.5 Å². The summed E-state index contributed by atoms with van der Waals surface area (Å²) in [5, 5.41) is 8.86. The number of nitrogens with two attached hydrogens (primary N) is 2. The summed E-state index contributed by atoms with van der Waals surface area (Å²) in [6.07, 6.45) is 5.35. The molecule has 10 heteroatoms. The molecule has 0 amide bonds. The van der Waals surface area contributed by atoms with E-state index in [1.807, 2.05) is 44.2 Å². The lowest BCUT2D eigenvalue weighted by Crippen LogP contribution is -2.24. The Balaban J connectivity index is 0.000000270. The number of halogens is 1. The van der Waals surface area contributed by atoms with E-state index < -0.39 is 5.82 Å². The number of fused-ring (bicyclic) bond motifs is 1. The van der Waals surface area contributed by atoms with Crippen LogP contribution < -0.4 is 17.0 Å². The first-order valence-electron chi connectivity index (χ1n) is 11.3. The van der Waals surface area contributed by atoms with Crippen molar-refractivity contribution in [3.05, 3.63) is 100 Å². The topological polar surface area (TPSA) is 149 Å². The average molecular weight is 495 g/mol. The van der Waals surface area contributed by atoms with Crippen molar-refractivity contribution in [1.29, 1.82) is 5.26 Å². The molecule has 0 saturated heterocycles. The molecular formula is C27H23FN8O. The van der Waals surface area contributed by atoms with Crippen LogP contribution in [0.15, 0.2) is 71.9 Å². The summed E-state index contributed by atoms with van der Waals surface area (Å²) in [6.45, 7) is 3.89. The van der Waals surface area contributed by atoms with E-state index in [0.717, 1.165) is 16.7 Å². The predicted octanol–water partition coefficient (Wildman–Crippen LogP) is 3.97. The molecular weight excluding hydrogens is 471 g/mol. The fourth-order valence-corrected chi connectivity index (χ4v) is 3.83. The van der Waals surface area contributed by atoms with Crippen LogP contribution in [0.2, 0.25) is 0 Å². The van der Waals surface area contributed by atoms with E-state index >= 15 is 0 Å². The number of pyridine rings is 1. The summed E-state index contributed by atoms with van der Waals surface area (Å²) in [6, 6.07) is 15.4. The molecule has 3 heterocycles. The quantitative estimate of drug-likeness (QED) is 0.383. The SMILES string of the molecule is CCc1nc2cccc(-c3cncc(C)c3)c2c(=O)n1-c1cccc(F)c1.N#Cc1cnc(N)nc1N. The van der Waals surface area contributed by atoms with E-state index in [9.17, 15) is 9.18 Å². The van der Waals surface area contributed by atoms with Gasteiger partial charge in [0, 0.05) is 24.4 Å². The summed E-state index contributed by atoms with van der Waals surface area (Å²) < 4.78 is 15.3. The van der Waals surface area contributed by atoms with Crippen LogP contribution in [0.25, 0.3) is 27.7 Å². The van der Waals surface area contributed by atoms with Gasteiger partial charge >= 0.3 is 0 Å². The zero-order valence-corrected chi connectivity index (χ0v) is 20.2. The lowest BCUT2D eigenvalue weighted by atomic mass is 10.0. The second-order valence-corrected chi connectivity index (χ2v) is 8.09. The molecule has 0 radical (unpaired) electrons. The first-order valence-corrected chi connectivity index (χ1v) is 11.3. The minimum Gasteiger partial charge on any atom is -0.382 e. The molecule has 0 fully saturated rings. The summed E-state index contributed by atoms with van der Waals surface area (Å²) in [5.41, 5.74) is 14.2. The van der Waals surface area contributed by atoms with Gasteiger partial charge in [-0.25, -0.2) is 14.4 Å². The molecule has 0 atom stereocenters. The highest BCUT2D eigenvalue weighted by molar-refractivity contribution is 5.94. The van der Waals surface area contributed by atoms with Crippen molar-refractivity contribution < 1.29 is 4.39 Å². The number of nitrogens with zero attached hydrogens (tertiary/aromatic N) is 6. The van der Waals surface area contributed by atoms with E-state index in [2.05, 4.69) is 19.9 Å². The number of aromatic nitrogens is 5. The highest BCUT2D eigenvalue weighted by Crippen LogP contribution is 2.26. The monoisotopic (exact) mass is 494 g/mol. The Kier molecular flexibility index (Phi) is 7.16. The standard InChI is InChI=1S/C22H18FN3O.C5H5N5/c1-3-20-25-19-9-5-8-18(15-10-14(2)12-24-13-15)21(19)22(27)26(20)17-7-4-6-16(23)11-17;6-1-3-2-9-5(8)10-4(3)7/h4-13H,3H2,1-2H3;2H,(H4,7,8,9,10). The molecule has 37 heavy (non-hydrogen) atoms. The maximum Gasteiger partial charge on any atom is 0.266 e. The van der Waals surface area contributed by atoms with Gasteiger partial charge in [0.15, 0.2) is 0 Å². The molecule has 184 valence electrons. The van der Waals surface area contributed by atoms with Crippen molar-refractivity contribution in [2.75, 3.05) is 11.5 Å². The first kappa shape index (κ1) is 24.9. The molecule has 0 aliphatic carbocycles. The van der Waals surface area contributed by atoms with Crippen molar-refractivity contribution in [2.24, 2.45) is 0 Å². The van der Waals surface area contributed by atoms with Crippen molar-refractivity contribution >= 4 is 22.7 Å². The third kappa shape index (κ3) is 5.26. The molecule has 0 unspecified atom stereocenters. The number of aryl methyl sites for hydroxylation is 2. The molecule has 4 N–H and O–H groups in total. The summed E-state index contributed by atoms with van der Waals surface area (Å²) in [4.78, 5) is 29.6. The normalized spacial score (nSPS) is 10.4.